The summed E-state index contributed by atoms with van der Waals surface area (Å²) in [4.78, 5) is 27.3. The molecule has 1 heterocycles. The Morgan fingerprint density at radius 1 is 1.00 bits per heavy atom. The van der Waals surface area contributed by atoms with E-state index in [0.29, 0.717) is 13.1 Å². The quantitative estimate of drug-likeness (QED) is 0.639. The smallest absolute Gasteiger partial charge is 0.243 e. The van der Waals surface area contributed by atoms with Gasteiger partial charge in [-0.15, -0.1) is 0 Å². The summed E-state index contributed by atoms with van der Waals surface area (Å²) >= 11 is 0. The minimum Gasteiger partial charge on any atom is -0.354 e. The molecule has 1 aliphatic heterocycles. The van der Waals surface area contributed by atoms with E-state index in [2.05, 4.69) is 41.3 Å². The van der Waals surface area contributed by atoms with Crippen molar-refractivity contribution in [3.63, 3.8) is 0 Å². The molecular weight excluding hydrogens is 388 g/mol. The molecule has 1 atom stereocenters. The molecule has 0 aliphatic carbocycles. The first-order valence-corrected chi connectivity index (χ1v) is 11.1. The third kappa shape index (κ3) is 6.25. The monoisotopic (exact) mass is 420 g/mol. The number of carbonyl (C=O) groups excluding carboxylic acids is 2. The lowest BCUT2D eigenvalue weighted by molar-refractivity contribution is -0.133. The van der Waals surface area contributed by atoms with Gasteiger partial charge in [0.2, 0.25) is 11.8 Å². The van der Waals surface area contributed by atoms with Crippen molar-refractivity contribution in [2.75, 3.05) is 26.2 Å². The van der Waals surface area contributed by atoms with Crippen molar-refractivity contribution in [1.29, 1.82) is 0 Å². The predicted molar refractivity (Wildman–Crippen MR) is 124 cm³/mol. The van der Waals surface area contributed by atoms with Crippen LogP contribution >= 0.6 is 0 Å². The Labute approximate surface area is 184 Å². The van der Waals surface area contributed by atoms with Gasteiger partial charge in [0.25, 0.3) is 0 Å². The van der Waals surface area contributed by atoms with E-state index in [1.165, 1.54) is 10.6 Å². The van der Waals surface area contributed by atoms with Crippen LogP contribution in [0.4, 0.5) is 0 Å². The fourth-order valence-corrected chi connectivity index (χ4v) is 3.92. The second kappa shape index (κ2) is 11.4. The number of rotatable bonds is 10. The lowest BCUT2D eigenvalue weighted by Gasteiger charge is -2.30. The fourth-order valence-electron chi connectivity index (χ4n) is 3.92. The molecule has 0 radical (unpaired) electrons. The van der Waals surface area contributed by atoms with Crippen LogP contribution in [0.5, 0.6) is 0 Å². The van der Waals surface area contributed by atoms with Crippen LogP contribution in [0.25, 0.3) is 0 Å². The molecule has 1 aliphatic rings. The van der Waals surface area contributed by atoms with Gasteiger partial charge in [0.15, 0.2) is 0 Å². The maximum absolute atomic E-state index is 12.5. The Bertz CT molecular complexity index is 879. The molecule has 6 heteroatoms. The predicted octanol–water partition coefficient (Wildman–Crippen LogP) is 3.60. The normalized spacial score (nSPS) is 14.4. The van der Waals surface area contributed by atoms with Gasteiger partial charge in [0.1, 0.15) is 0 Å². The van der Waals surface area contributed by atoms with E-state index in [-0.39, 0.29) is 30.7 Å². The van der Waals surface area contributed by atoms with Crippen molar-refractivity contribution in [2.45, 2.75) is 39.2 Å². The fraction of sp³-hybridized carbons (Fsp3) is 0.400. The first-order chi connectivity index (χ1) is 15.1. The molecule has 164 valence electrons. The number of hydrazone groups is 1. The highest BCUT2D eigenvalue weighted by Gasteiger charge is 2.23. The van der Waals surface area contributed by atoms with Crippen LogP contribution in [0.1, 0.15) is 50.3 Å². The molecule has 0 fully saturated rings. The van der Waals surface area contributed by atoms with Crippen LogP contribution in [-0.2, 0) is 9.59 Å². The van der Waals surface area contributed by atoms with Crippen LogP contribution in [0, 0.1) is 0 Å². The van der Waals surface area contributed by atoms with Crippen molar-refractivity contribution in [2.24, 2.45) is 5.10 Å². The van der Waals surface area contributed by atoms with Gasteiger partial charge < -0.3 is 5.32 Å². The molecule has 2 amide bonds. The summed E-state index contributed by atoms with van der Waals surface area (Å²) in [5.41, 5.74) is 3.14. The van der Waals surface area contributed by atoms with E-state index in [1.54, 1.807) is 0 Å². The van der Waals surface area contributed by atoms with Crippen molar-refractivity contribution in [1.82, 2.24) is 15.2 Å². The summed E-state index contributed by atoms with van der Waals surface area (Å²) in [6.07, 6.45) is 1.08. The van der Waals surface area contributed by atoms with Crippen molar-refractivity contribution in [3.8, 4) is 0 Å². The maximum atomic E-state index is 12.5. The molecule has 1 unspecified atom stereocenters. The highest BCUT2D eigenvalue weighted by atomic mass is 16.2. The standard InChI is InChI=1S/C25H32N4O2/c1-3-28(4-2)23(21-13-9-6-10-14-21)19-26-24(30)15-16-25(31)29-18-17-22(27-29)20-11-7-5-8-12-20/h5-14,23H,3-4,15-19H2,1-2H3,(H,26,30). The van der Waals surface area contributed by atoms with E-state index in [9.17, 15) is 9.59 Å². The zero-order valence-corrected chi connectivity index (χ0v) is 18.5. The zero-order chi connectivity index (χ0) is 22.1. The van der Waals surface area contributed by atoms with Gasteiger partial charge in [-0.25, -0.2) is 5.01 Å². The van der Waals surface area contributed by atoms with Crippen LogP contribution in [0.15, 0.2) is 65.8 Å². The van der Waals surface area contributed by atoms with Gasteiger partial charge >= 0.3 is 0 Å². The van der Waals surface area contributed by atoms with Crippen LogP contribution in [0.3, 0.4) is 0 Å². The van der Waals surface area contributed by atoms with E-state index in [1.807, 2.05) is 48.5 Å². The van der Waals surface area contributed by atoms with Crippen molar-refractivity contribution < 1.29 is 9.59 Å². The minimum atomic E-state index is -0.107. The molecule has 2 aromatic rings. The molecule has 0 aromatic heterocycles. The number of nitrogens with one attached hydrogen (secondary N) is 1. The summed E-state index contributed by atoms with van der Waals surface area (Å²) in [5.74, 6) is -0.211. The Morgan fingerprint density at radius 2 is 1.65 bits per heavy atom. The molecule has 0 saturated carbocycles. The topological polar surface area (TPSA) is 65.0 Å². The van der Waals surface area contributed by atoms with E-state index in [0.717, 1.165) is 30.8 Å². The molecule has 6 nitrogen and oxygen atoms in total. The summed E-state index contributed by atoms with van der Waals surface area (Å²) in [5, 5.41) is 8.98. The Kier molecular flexibility index (Phi) is 8.35. The van der Waals surface area contributed by atoms with Crippen molar-refractivity contribution in [3.05, 3.63) is 71.8 Å². The average molecular weight is 421 g/mol. The number of carbonyl (C=O) groups is 2. The van der Waals surface area contributed by atoms with Crippen LogP contribution < -0.4 is 5.32 Å². The number of amides is 2. The molecule has 0 spiro atoms. The zero-order valence-electron chi connectivity index (χ0n) is 18.5. The number of hydrogen-bond acceptors (Lipinski definition) is 4. The molecule has 2 aromatic carbocycles. The van der Waals surface area contributed by atoms with Gasteiger partial charge in [-0.2, -0.15) is 5.10 Å². The lowest BCUT2D eigenvalue weighted by Crippen LogP contribution is -2.38. The average Bonchev–Trinajstić information content (AvgIpc) is 3.32. The summed E-state index contributed by atoms with van der Waals surface area (Å²) in [6, 6.07) is 20.2. The third-order valence-electron chi connectivity index (χ3n) is 5.69. The summed E-state index contributed by atoms with van der Waals surface area (Å²) in [7, 11) is 0. The molecular formula is C25H32N4O2. The second-order valence-corrected chi connectivity index (χ2v) is 7.63. The van der Waals surface area contributed by atoms with Gasteiger partial charge in [-0.3, -0.25) is 14.5 Å². The lowest BCUT2D eigenvalue weighted by atomic mass is 10.0. The highest BCUT2D eigenvalue weighted by Crippen LogP contribution is 2.20. The summed E-state index contributed by atoms with van der Waals surface area (Å²) in [6.45, 7) is 7.16. The number of hydrogen-bond donors (Lipinski definition) is 1. The van der Waals surface area contributed by atoms with Gasteiger partial charge in [-0.05, 0) is 24.2 Å². The molecule has 0 bridgehead atoms. The first-order valence-electron chi connectivity index (χ1n) is 11.1. The Morgan fingerprint density at radius 3 is 2.29 bits per heavy atom. The molecule has 3 rings (SSSR count). The van der Waals surface area contributed by atoms with E-state index in [4.69, 9.17) is 0 Å². The van der Waals surface area contributed by atoms with Gasteiger partial charge in [-0.1, -0.05) is 74.5 Å². The van der Waals surface area contributed by atoms with Gasteiger partial charge in [0.05, 0.1) is 18.3 Å². The second-order valence-electron chi connectivity index (χ2n) is 7.63. The van der Waals surface area contributed by atoms with Crippen LogP contribution in [-0.4, -0.2) is 53.6 Å². The number of nitrogens with zero attached hydrogens (tertiary/aromatic N) is 3. The Hall–Kier alpha value is -2.99. The highest BCUT2D eigenvalue weighted by molar-refractivity contribution is 6.02. The molecule has 31 heavy (non-hydrogen) atoms. The molecule has 1 N–H and O–H groups in total. The number of benzene rings is 2. The van der Waals surface area contributed by atoms with Gasteiger partial charge in [0, 0.05) is 25.8 Å². The largest absolute Gasteiger partial charge is 0.354 e. The van der Waals surface area contributed by atoms with Crippen LogP contribution in [0.2, 0.25) is 0 Å². The SMILES string of the molecule is CCN(CC)C(CNC(=O)CCC(=O)N1CCC(c2ccccc2)=N1)c1ccccc1. The Balaban J connectivity index is 1.50. The van der Waals surface area contributed by atoms with E-state index < -0.39 is 0 Å². The molecule has 0 saturated heterocycles. The third-order valence-corrected chi connectivity index (χ3v) is 5.69. The van der Waals surface area contributed by atoms with E-state index >= 15 is 0 Å². The summed E-state index contributed by atoms with van der Waals surface area (Å²) < 4.78 is 0. The maximum Gasteiger partial charge on any atom is 0.243 e. The minimum absolute atomic E-state index is 0.104. The first kappa shape index (κ1) is 22.7. The van der Waals surface area contributed by atoms with Crippen molar-refractivity contribution >= 4 is 17.5 Å². The number of likely N-dealkylation sites (N-methyl/N-ethyl adjacent to an activating group) is 1.